The zero-order valence-electron chi connectivity index (χ0n) is 12.4. The average Bonchev–Trinajstić information content (AvgIpc) is 3.04. The number of benzene rings is 2. The van der Waals surface area contributed by atoms with Gasteiger partial charge in [-0.2, -0.15) is 0 Å². The number of anilines is 1. The molecule has 0 bridgehead atoms. The van der Waals surface area contributed by atoms with Crippen LogP contribution in [0.3, 0.4) is 0 Å². The van der Waals surface area contributed by atoms with Gasteiger partial charge in [-0.3, -0.25) is 0 Å². The summed E-state index contributed by atoms with van der Waals surface area (Å²) in [5.41, 5.74) is 1.79. The summed E-state index contributed by atoms with van der Waals surface area (Å²) in [5, 5.41) is 13.2. The summed E-state index contributed by atoms with van der Waals surface area (Å²) in [6.07, 6.45) is 0. The zero-order chi connectivity index (χ0) is 17.1. The standard InChI is InChI=1S/C18H13Cl2NO3/c19-12-3-7-16(20)15(9-12)17-8-6-14(24-17)10-21-13-4-1-11(2-5-13)18(22)23/h1-9,21H,10H2,(H,22,23). The highest BCUT2D eigenvalue weighted by atomic mass is 35.5. The molecule has 0 aliphatic carbocycles. The number of furan rings is 1. The third-order valence-electron chi connectivity index (χ3n) is 3.45. The van der Waals surface area contributed by atoms with E-state index in [2.05, 4.69) is 5.32 Å². The smallest absolute Gasteiger partial charge is 0.335 e. The lowest BCUT2D eigenvalue weighted by atomic mass is 10.2. The Morgan fingerprint density at radius 2 is 1.79 bits per heavy atom. The third-order valence-corrected chi connectivity index (χ3v) is 4.02. The van der Waals surface area contributed by atoms with Crippen molar-refractivity contribution in [2.24, 2.45) is 0 Å². The molecule has 1 heterocycles. The maximum absolute atomic E-state index is 10.8. The van der Waals surface area contributed by atoms with E-state index in [4.69, 9.17) is 32.7 Å². The Morgan fingerprint density at radius 3 is 2.50 bits per heavy atom. The summed E-state index contributed by atoms with van der Waals surface area (Å²) in [6.45, 7) is 0.463. The summed E-state index contributed by atoms with van der Waals surface area (Å²) < 4.78 is 5.79. The molecule has 0 spiro atoms. The molecule has 0 aliphatic heterocycles. The fourth-order valence-electron chi connectivity index (χ4n) is 2.22. The molecule has 4 nitrogen and oxygen atoms in total. The summed E-state index contributed by atoms with van der Waals surface area (Å²) in [4.78, 5) is 10.8. The maximum atomic E-state index is 10.8. The normalized spacial score (nSPS) is 10.6. The predicted molar refractivity (Wildman–Crippen MR) is 94.9 cm³/mol. The Hall–Kier alpha value is -2.43. The van der Waals surface area contributed by atoms with Crippen LogP contribution in [0.4, 0.5) is 5.69 Å². The Kier molecular flexibility index (Phi) is 4.79. The van der Waals surface area contributed by atoms with E-state index in [1.165, 1.54) is 0 Å². The second-order valence-electron chi connectivity index (χ2n) is 5.13. The number of halogens is 2. The van der Waals surface area contributed by atoms with Crippen LogP contribution in [-0.4, -0.2) is 11.1 Å². The molecule has 0 aliphatic rings. The molecular weight excluding hydrogens is 349 g/mol. The van der Waals surface area contributed by atoms with Crippen LogP contribution < -0.4 is 5.32 Å². The lowest BCUT2D eigenvalue weighted by Crippen LogP contribution is -2.00. The van der Waals surface area contributed by atoms with Crippen LogP contribution in [0.25, 0.3) is 11.3 Å². The molecule has 0 saturated heterocycles. The van der Waals surface area contributed by atoms with E-state index in [0.717, 1.165) is 17.0 Å². The molecule has 3 aromatic rings. The van der Waals surface area contributed by atoms with E-state index in [9.17, 15) is 4.79 Å². The minimum Gasteiger partial charge on any atom is -0.478 e. The van der Waals surface area contributed by atoms with Crippen molar-refractivity contribution in [2.45, 2.75) is 6.54 Å². The van der Waals surface area contributed by atoms with E-state index in [1.807, 2.05) is 12.1 Å². The number of aromatic carboxylic acids is 1. The molecule has 0 atom stereocenters. The summed E-state index contributed by atoms with van der Waals surface area (Å²) in [6, 6.07) is 15.4. The Bertz CT molecular complexity index is 872. The van der Waals surface area contributed by atoms with Gasteiger partial charge in [-0.25, -0.2) is 4.79 Å². The van der Waals surface area contributed by atoms with E-state index in [-0.39, 0.29) is 5.56 Å². The minimum atomic E-state index is -0.948. The van der Waals surface area contributed by atoms with Gasteiger partial charge in [0.25, 0.3) is 0 Å². The Balaban J connectivity index is 1.70. The van der Waals surface area contributed by atoms with Crippen LogP contribution in [0.5, 0.6) is 0 Å². The fraction of sp³-hybridized carbons (Fsp3) is 0.0556. The molecule has 122 valence electrons. The van der Waals surface area contributed by atoms with Crippen molar-refractivity contribution in [2.75, 3.05) is 5.32 Å². The van der Waals surface area contributed by atoms with Crippen LogP contribution in [-0.2, 0) is 6.54 Å². The van der Waals surface area contributed by atoms with Crippen molar-refractivity contribution in [1.82, 2.24) is 0 Å². The molecule has 2 N–H and O–H groups in total. The van der Waals surface area contributed by atoms with E-state index >= 15 is 0 Å². The lowest BCUT2D eigenvalue weighted by molar-refractivity contribution is 0.0697. The van der Waals surface area contributed by atoms with Gasteiger partial charge in [0.05, 0.1) is 17.1 Å². The van der Waals surface area contributed by atoms with Gasteiger partial charge < -0.3 is 14.8 Å². The van der Waals surface area contributed by atoms with Crippen molar-refractivity contribution in [3.05, 3.63) is 76.0 Å². The Labute approximate surface area is 148 Å². The number of carboxylic acid groups (broad SMARTS) is 1. The first-order valence-corrected chi connectivity index (χ1v) is 7.90. The van der Waals surface area contributed by atoms with E-state index < -0.39 is 5.97 Å². The van der Waals surface area contributed by atoms with Crippen LogP contribution in [0.2, 0.25) is 10.0 Å². The molecular formula is C18H13Cl2NO3. The summed E-state index contributed by atoms with van der Waals surface area (Å²) >= 11 is 12.2. The number of nitrogens with one attached hydrogen (secondary N) is 1. The second-order valence-corrected chi connectivity index (χ2v) is 5.97. The first-order valence-electron chi connectivity index (χ1n) is 7.14. The topological polar surface area (TPSA) is 62.5 Å². The number of carbonyl (C=O) groups is 1. The monoisotopic (exact) mass is 361 g/mol. The SMILES string of the molecule is O=C(O)c1ccc(NCc2ccc(-c3cc(Cl)ccc3Cl)o2)cc1. The first-order chi connectivity index (χ1) is 11.5. The van der Waals surface area contributed by atoms with Gasteiger partial charge in [-0.15, -0.1) is 0 Å². The molecule has 0 amide bonds. The Morgan fingerprint density at radius 1 is 1.04 bits per heavy atom. The van der Waals surface area contributed by atoms with Gasteiger partial charge in [0.2, 0.25) is 0 Å². The highest BCUT2D eigenvalue weighted by Gasteiger charge is 2.09. The molecule has 0 unspecified atom stereocenters. The van der Waals surface area contributed by atoms with E-state index in [1.54, 1.807) is 42.5 Å². The van der Waals surface area contributed by atoms with Gasteiger partial charge in [-0.1, -0.05) is 23.2 Å². The molecule has 0 fully saturated rings. The number of hydrogen-bond donors (Lipinski definition) is 2. The fourth-order valence-corrected chi connectivity index (χ4v) is 2.61. The van der Waals surface area contributed by atoms with Gasteiger partial charge >= 0.3 is 5.97 Å². The highest BCUT2D eigenvalue weighted by molar-refractivity contribution is 6.35. The quantitative estimate of drug-likeness (QED) is 0.623. The maximum Gasteiger partial charge on any atom is 0.335 e. The third kappa shape index (κ3) is 3.72. The zero-order valence-corrected chi connectivity index (χ0v) is 13.9. The number of rotatable bonds is 5. The number of hydrogen-bond acceptors (Lipinski definition) is 3. The van der Waals surface area contributed by atoms with Crippen molar-refractivity contribution in [3.63, 3.8) is 0 Å². The van der Waals surface area contributed by atoms with Crippen molar-refractivity contribution in [1.29, 1.82) is 0 Å². The summed E-state index contributed by atoms with van der Waals surface area (Å²) in [5.74, 6) is 0.416. The van der Waals surface area contributed by atoms with Gasteiger partial charge in [-0.05, 0) is 54.6 Å². The van der Waals surface area contributed by atoms with Crippen LogP contribution in [0.15, 0.2) is 59.0 Å². The van der Waals surface area contributed by atoms with Crippen LogP contribution in [0, 0.1) is 0 Å². The molecule has 0 radical (unpaired) electrons. The first kappa shape index (κ1) is 16.4. The lowest BCUT2D eigenvalue weighted by Gasteiger charge is -2.05. The molecule has 0 saturated carbocycles. The second kappa shape index (κ2) is 6.99. The van der Waals surface area contributed by atoms with Gasteiger partial charge in [0.15, 0.2) is 0 Å². The molecule has 3 rings (SSSR count). The largest absolute Gasteiger partial charge is 0.478 e. The predicted octanol–water partition coefficient (Wildman–Crippen LogP) is 5.56. The minimum absolute atomic E-state index is 0.247. The molecule has 6 heteroatoms. The van der Waals surface area contributed by atoms with Crippen LogP contribution in [0.1, 0.15) is 16.1 Å². The highest BCUT2D eigenvalue weighted by Crippen LogP contribution is 2.31. The van der Waals surface area contributed by atoms with Crippen molar-refractivity contribution in [3.8, 4) is 11.3 Å². The van der Waals surface area contributed by atoms with Gasteiger partial charge in [0.1, 0.15) is 11.5 Å². The molecule has 24 heavy (non-hydrogen) atoms. The van der Waals surface area contributed by atoms with Gasteiger partial charge in [0, 0.05) is 16.3 Å². The van der Waals surface area contributed by atoms with E-state index in [0.29, 0.717) is 22.4 Å². The number of carboxylic acids is 1. The van der Waals surface area contributed by atoms with Crippen molar-refractivity contribution >= 4 is 34.9 Å². The molecule has 1 aromatic heterocycles. The van der Waals surface area contributed by atoms with Crippen molar-refractivity contribution < 1.29 is 14.3 Å². The molecule has 2 aromatic carbocycles. The van der Waals surface area contributed by atoms with Crippen LogP contribution >= 0.6 is 23.2 Å². The average molecular weight is 362 g/mol. The summed E-state index contributed by atoms with van der Waals surface area (Å²) in [7, 11) is 0.